The van der Waals surface area contributed by atoms with Crippen LogP contribution in [0.3, 0.4) is 0 Å². The molecule has 1 atom stereocenters. The van der Waals surface area contributed by atoms with Gasteiger partial charge in [-0.3, -0.25) is 14.4 Å². The van der Waals surface area contributed by atoms with Crippen LogP contribution in [0.15, 0.2) is 17.2 Å². The maximum atomic E-state index is 13.1. The second kappa shape index (κ2) is 9.98. The van der Waals surface area contributed by atoms with Crippen LogP contribution >= 0.6 is 0 Å². The zero-order valence-electron chi connectivity index (χ0n) is 18.7. The molecule has 7 nitrogen and oxygen atoms in total. The summed E-state index contributed by atoms with van der Waals surface area (Å²) in [7, 11) is 2.09. The van der Waals surface area contributed by atoms with Gasteiger partial charge in [0, 0.05) is 38.1 Å². The number of likely N-dealkylation sites (tertiary alicyclic amines) is 1. The minimum Gasteiger partial charge on any atom is -0.352 e. The van der Waals surface area contributed by atoms with Crippen molar-refractivity contribution in [3.63, 3.8) is 0 Å². The zero-order chi connectivity index (χ0) is 21.8. The highest BCUT2D eigenvalue weighted by Gasteiger charge is 2.28. The lowest BCUT2D eigenvalue weighted by molar-refractivity contribution is 0.0934. The summed E-state index contributed by atoms with van der Waals surface area (Å²) in [6.07, 6.45) is 13.5. The lowest BCUT2D eigenvalue weighted by atomic mass is 9.89. The molecule has 1 aromatic rings. The van der Waals surface area contributed by atoms with Crippen LogP contribution in [0.4, 0.5) is 0 Å². The van der Waals surface area contributed by atoms with Gasteiger partial charge in [0.15, 0.2) is 0 Å². The lowest BCUT2D eigenvalue weighted by Gasteiger charge is -2.29. The number of rotatable bonds is 7. The summed E-state index contributed by atoms with van der Waals surface area (Å²) < 4.78 is 1.89. The number of hydrogen-bond donors (Lipinski definition) is 2. The first kappa shape index (κ1) is 22.1. The maximum Gasteiger partial charge on any atom is 0.256 e. The van der Waals surface area contributed by atoms with E-state index in [0.717, 1.165) is 51.6 Å². The molecule has 0 radical (unpaired) electrons. The molecule has 4 rings (SSSR count). The van der Waals surface area contributed by atoms with Crippen LogP contribution in [0, 0.1) is 11.8 Å². The van der Waals surface area contributed by atoms with Crippen molar-refractivity contribution in [2.24, 2.45) is 11.8 Å². The highest BCUT2D eigenvalue weighted by Crippen LogP contribution is 2.34. The molecule has 2 heterocycles. The van der Waals surface area contributed by atoms with Crippen molar-refractivity contribution >= 4 is 11.8 Å². The van der Waals surface area contributed by atoms with Crippen molar-refractivity contribution in [2.75, 3.05) is 33.2 Å². The van der Waals surface area contributed by atoms with E-state index >= 15 is 0 Å². The first-order valence-electron chi connectivity index (χ1n) is 12.0. The predicted octanol–water partition coefficient (Wildman–Crippen LogP) is 2.56. The van der Waals surface area contributed by atoms with E-state index in [2.05, 4.69) is 22.6 Å². The van der Waals surface area contributed by atoms with Gasteiger partial charge in [0.1, 0.15) is 11.1 Å². The summed E-state index contributed by atoms with van der Waals surface area (Å²) in [5, 5.41) is 5.92. The number of amides is 2. The molecule has 0 spiro atoms. The monoisotopic (exact) mass is 428 g/mol. The van der Waals surface area contributed by atoms with Gasteiger partial charge in [0.2, 0.25) is 5.43 Å². The fourth-order valence-corrected chi connectivity index (χ4v) is 5.00. The van der Waals surface area contributed by atoms with E-state index < -0.39 is 5.43 Å². The predicted molar refractivity (Wildman–Crippen MR) is 120 cm³/mol. The number of pyridine rings is 1. The van der Waals surface area contributed by atoms with Gasteiger partial charge < -0.3 is 20.1 Å². The molecule has 3 aliphatic rings. The van der Waals surface area contributed by atoms with Gasteiger partial charge in [-0.2, -0.15) is 0 Å². The van der Waals surface area contributed by atoms with Crippen LogP contribution < -0.4 is 16.1 Å². The fraction of sp³-hybridized carbons (Fsp3) is 0.708. The Morgan fingerprint density at radius 2 is 1.45 bits per heavy atom. The van der Waals surface area contributed by atoms with Crippen LogP contribution in [0.25, 0.3) is 0 Å². The van der Waals surface area contributed by atoms with Gasteiger partial charge in [-0.05, 0) is 64.0 Å². The summed E-state index contributed by atoms with van der Waals surface area (Å²) in [5.74, 6) is 0.168. The molecular weight excluding hydrogens is 392 g/mol. The summed E-state index contributed by atoms with van der Waals surface area (Å²) in [6.45, 7) is 3.21. The van der Waals surface area contributed by atoms with Gasteiger partial charge in [-0.25, -0.2) is 0 Å². The second-order valence-corrected chi connectivity index (χ2v) is 9.79. The Kier molecular flexibility index (Phi) is 7.10. The van der Waals surface area contributed by atoms with Crippen LogP contribution in [0.1, 0.15) is 84.5 Å². The number of nitrogens with one attached hydrogen (secondary N) is 2. The van der Waals surface area contributed by atoms with Gasteiger partial charge in [0.25, 0.3) is 11.8 Å². The van der Waals surface area contributed by atoms with E-state index in [-0.39, 0.29) is 29.0 Å². The number of carbonyl (C=O) groups is 2. The lowest BCUT2D eigenvalue weighted by Crippen LogP contribution is -2.41. The third-order valence-corrected chi connectivity index (χ3v) is 7.05. The van der Waals surface area contributed by atoms with Crippen molar-refractivity contribution < 1.29 is 9.59 Å². The molecule has 3 fully saturated rings. The molecule has 2 saturated carbocycles. The molecule has 7 heteroatoms. The Bertz CT molecular complexity index is 855. The second-order valence-electron chi connectivity index (χ2n) is 9.79. The van der Waals surface area contributed by atoms with E-state index in [4.69, 9.17) is 0 Å². The third kappa shape index (κ3) is 5.76. The Morgan fingerprint density at radius 3 is 2.03 bits per heavy atom. The van der Waals surface area contributed by atoms with Crippen molar-refractivity contribution in [1.82, 2.24) is 20.1 Å². The SMILES string of the molecule is CN1CCCC(CNC(=O)c2cn(C3CC3)cc(C(=O)NCC3CCCCC3)c2=O)C1. The number of piperidine rings is 1. The standard InChI is InChI=1S/C24H36N4O3/c1-27-11-5-8-18(14-27)13-26-24(31)21-16-28(19-9-10-19)15-20(22(21)29)23(30)25-12-17-6-3-2-4-7-17/h15-19H,2-14H2,1H3,(H,25,30)(H,26,31). The molecule has 0 aromatic carbocycles. The molecular formula is C24H36N4O3. The van der Waals surface area contributed by atoms with Crippen LogP contribution in [-0.2, 0) is 0 Å². The fourth-order valence-electron chi connectivity index (χ4n) is 5.00. The molecule has 2 aliphatic carbocycles. The molecule has 1 aliphatic heterocycles. The summed E-state index contributed by atoms with van der Waals surface area (Å²) in [4.78, 5) is 41.1. The zero-order valence-corrected chi connectivity index (χ0v) is 18.7. The smallest absolute Gasteiger partial charge is 0.256 e. The normalized spacial score (nSPS) is 22.8. The van der Waals surface area contributed by atoms with Crippen LogP contribution in [0.2, 0.25) is 0 Å². The minimum atomic E-state index is -0.462. The molecule has 170 valence electrons. The van der Waals surface area contributed by atoms with E-state index in [1.165, 1.54) is 19.3 Å². The van der Waals surface area contributed by atoms with Crippen molar-refractivity contribution in [2.45, 2.75) is 63.8 Å². The molecule has 1 saturated heterocycles. The largest absolute Gasteiger partial charge is 0.352 e. The third-order valence-electron chi connectivity index (χ3n) is 7.05. The summed E-state index contributed by atoms with van der Waals surface area (Å²) in [6, 6.07) is 0.282. The quantitative estimate of drug-likeness (QED) is 0.699. The summed E-state index contributed by atoms with van der Waals surface area (Å²) in [5.41, 5.74) is -0.287. The molecule has 1 aromatic heterocycles. The molecule has 2 amide bonds. The topological polar surface area (TPSA) is 83.4 Å². The van der Waals surface area contributed by atoms with Gasteiger partial charge in [-0.1, -0.05) is 19.3 Å². The van der Waals surface area contributed by atoms with Gasteiger partial charge >= 0.3 is 0 Å². The van der Waals surface area contributed by atoms with E-state index in [0.29, 0.717) is 24.9 Å². The Hall–Kier alpha value is -2.15. The summed E-state index contributed by atoms with van der Waals surface area (Å²) >= 11 is 0. The molecule has 31 heavy (non-hydrogen) atoms. The molecule has 2 N–H and O–H groups in total. The maximum absolute atomic E-state index is 13.1. The van der Waals surface area contributed by atoms with Crippen molar-refractivity contribution in [3.8, 4) is 0 Å². The average Bonchev–Trinajstić information content (AvgIpc) is 3.62. The van der Waals surface area contributed by atoms with Gasteiger partial charge in [-0.15, -0.1) is 0 Å². The first-order valence-corrected chi connectivity index (χ1v) is 12.0. The van der Waals surface area contributed by atoms with E-state index in [9.17, 15) is 14.4 Å². The number of hydrogen-bond acceptors (Lipinski definition) is 4. The highest BCUT2D eigenvalue weighted by molar-refractivity contribution is 5.99. The Balaban J connectivity index is 1.45. The van der Waals surface area contributed by atoms with Crippen molar-refractivity contribution in [1.29, 1.82) is 0 Å². The average molecular weight is 429 g/mol. The number of carbonyl (C=O) groups excluding carboxylic acids is 2. The van der Waals surface area contributed by atoms with Crippen LogP contribution in [-0.4, -0.2) is 54.5 Å². The van der Waals surface area contributed by atoms with Gasteiger partial charge in [0.05, 0.1) is 0 Å². The molecule has 1 unspecified atom stereocenters. The Morgan fingerprint density at radius 1 is 0.871 bits per heavy atom. The molecule has 0 bridgehead atoms. The van der Waals surface area contributed by atoms with E-state index in [1.54, 1.807) is 12.4 Å². The van der Waals surface area contributed by atoms with Crippen molar-refractivity contribution in [3.05, 3.63) is 33.7 Å². The Labute approximate surface area is 184 Å². The van der Waals surface area contributed by atoms with E-state index in [1.807, 2.05) is 4.57 Å². The minimum absolute atomic E-state index is 0.0846. The van der Waals surface area contributed by atoms with Crippen LogP contribution in [0.5, 0.6) is 0 Å². The first-order chi connectivity index (χ1) is 15.0. The number of nitrogens with zero attached hydrogens (tertiary/aromatic N) is 2. The number of aromatic nitrogens is 1. The highest BCUT2D eigenvalue weighted by atomic mass is 16.2.